The summed E-state index contributed by atoms with van der Waals surface area (Å²) >= 11 is 0. The molecule has 0 spiro atoms. The first-order valence-electron chi connectivity index (χ1n) is 11.9. The maximum Gasteiger partial charge on any atom is 0.407 e. The summed E-state index contributed by atoms with van der Waals surface area (Å²) in [5, 5.41) is 12.2. The summed E-state index contributed by atoms with van der Waals surface area (Å²) in [5.41, 5.74) is 4.61. The van der Waals surface area contributed by atoms with E-state index in [-0.39, 0.29) is 43.2 Å². The largest absolute Gasteiger partial charge is 0.481 e. The molecule has 1 heterocycles. The quantitative estimate of drug-likeness (QED) is 0.643. The molecule has 1 aliphatic carbocycles. The molecule has 2 N–H and O–H groups in total. The number of nitrogens with zero attached hydrogens (tertiary/aromatic N) is 1. The van der Waals surface area contributed by atoms with Crippen LogP contribution in [0.2, 0.25) is 0 Å². The zero-order valence-electron chi connectivity index (χ0n) is 19.9. The Bertz CT molecular complexity index is 1040. The molecule has 2 aliphatic rings. The number of aliphatic carboxylic acids is 1. The Morgan fingerprint density at radius 2 is 1.62 bits per heavy atom. The van der Waals surface area contributed by atoms with Crippen molar-refractivity contribution >= 4 is 18.0 Å². The van der Waals surface area contributed by atoms with Gasteiger partial charge in [0.15, 0.2) is 0 Å². The Kier molecular flexibility index (Phi) is 6.91. The molecule has 34 heavy (non-hydrogen) atoms. The Morgan fingerprint density at radius 3 is 2.15 bits per heavy atom. The minimum absolute atomic E-state index is 0.0136. The fourth-order valence-electron chi connectivity index (χ4n) is 5.05. The lowest BCUT2D eigenvalue weighted by molar-refractivity contribution is -0.142. The van der Waals surface area contributed by atoms with Crippen LogP contribution in [0, 0.1) is 17.8 Å². The molecule has 0 bridgehead atoms. The van der Waals surface area contributed by atoms with Gasteiger partial charge >= 0.3 is 12.1 Å². The van der Waals surface area contributed by atoms with Gasteiger partial charge in [0.2, 0.25) is 5.91 Å². The molecule has 1 saturated heterocycles. The number of amides is 2. The van der Waals surface area contributed by atoms with Gasteiger partial charge in [0.25, 0.3) is 0 Å². The maximum atomic E-state index is 12.8. The number of carboxylic acid groups (broad SMARTS) is 1. The molecule has 0 radical (unpaired) electrons. The molecular weight excluding hydrogens is 432 g/mol. The predicted octanol–water partition coefficient (Wildman–Crippen LogP) is 4.12. The van der Waals surface area contributed by atoms with Gasteiger partial charge in [-0.3, -0.25) is 9.59 Å². The number of ether oxygens (including phenoxy) is 1. The number of rotatable bonds is 7. The summed E-state index contributed by atoms with van der Waals surface area (Å²) in [7, 11) is 0. The number of hydrogen-bond donors (Lipinski definition) is 2. The van der Waals surface area contributed by atoms with E-state index in [1.165, 1.54) is 0 Å². The van der Waals surface area contributed by atoms with Crippen LogP contribution in [-0.2, 0) is 14.3 Å². The van der Waals surface area contributed by atoms with Crippen molar-refractivity contribution in [3.63, 3.8) is 0 Å². The second kappa shape index (κ2) is 9.87. The van der Waals surface area contributed by atoms with Gasteiger partial charge in [-0.25, -0.2) is 4.79 Å². The lowest BCUT2D eigenvalue weighted by atomic mass is 9.98. The fraction of sp³-hybridized carbons (Fsp3) is 0.444. The Labute approximate surface area is 200 Å². The van der Waals surface area contributed by atoms with Gasteiger partial charge < -0.3 is 20.1 Å². The highest BCUT2D eigenvalue weighted by Gasteiger charge is 2.38. The van der Waals surface area contributed by atoms with Gasteiger partial charge in [-0.1, -0.05) is 69.3 Å². The van der Waals surface area contributed by atoms with Crippen molar-refractivity contribution in [2.45, 2.75) is 39.2 Å². The van der Waals surface area contributed by atoms with Crippen LogP contribution in [0.15, 0.2) is 48.5 Å². The molecule has 180 valence electrons. The Balaban J connectivity index is 1.36. The van der Waals surface area contributed by atoms with Crippen molar-refractivity contribution in [1.29, 1.82) is 0 Å². The molecule has 4 rings (SSSR count). The van der Waals surface area contributed by atoms with Gasteiger partial charge in [-0.2, -0.15) is 0 Å². The van der Waals surface area contributed by atoms with Crippen LogP contribution in [0.3, 0.4) is 0 Å². The first-order chi connectivity index (χ1) is 16.3. The number of fused-ring (bicyclic) bond motifs is 3. The van der Waals surface area contributed by atoms with E-state index in [1.54, 1.807) is 4.90 Å². The summed E-state index contributed by atoms with van der Waals surface area (Å²) < 4.78 is 5.64. The number of carbonyl (C=O) groups is 3. The third-order valence-electron chi connectivity index (χ3n) is 7.13. The Morgan fingerprint density at radius 1 is 1.03 bits per heavy atom. The standard InChI is InChI=1S/C27H32N2O5/c1-16(2)24(12-25(30)29-13-17(3)22(14-29)26(31)32)28-27(33)34-15-23-20-10-6-4-8-18(20)19-9-5-7-11-21(19)23/h4-11,16-17,22-24H,12-15H2,1-3H3,(H,28,33)(H,31,32)/t17?,22?,24-/m1/s1. The van der Waals surface area contributed by atoms with E-state index in [1.807, 2.05) is 45.0 Å². The van der Waals surface area contributed by atoms with E-state index in [9.17, 15) is 19.5 Å². The molecule has 2 amide bonds. The molecule has 7 heteroatoms. The number of alkyl carbamates (subject to hydrolysis) is 1. The van der Waals surface area contributed by atoms with Crippen molar-refractivity contribution in [2.75, 3.05) is 19.7 Å². The van der Waals surface area contributed by atoms with Gasteiger partial charge in [0.05, 0.1) is 5.92 Å². The summed E-state index contributed by atoms with van der Waals surface area (Å²) in [5.74, 6) is -1.67. The number of hydrogen-bond acceptors (Lipinski definition) is 4. The second-order valence-electron chi connectivity index (χ2n) is 9.75. The zero-order valence-corrected chi connectivity index (χ0v) is 19.9. The van der Waals surface area contributed by atoms with Gasteiger partial charge in [-0.05, 0) is 34.1 Å². The number of nitrogens with one attached hydrogen (secondary N) is 1. The molecule has 0 aromatic heterocycles. The zero-order chi connectivity index (χ0) is 24.4. The second-order valence-corrected chi connectivity index (χ2v) is 9.75. The molecule has 1 aliphatic heterocycles. The van der Waals surface area contributed by atoms with Crippen molar-refractivity contribution in [3.05, 3.63) is 59.7 Å². The molecule has 2 aromatic carbocycles. The van der Waals surface area contributed by atoms with Crippen molar-refractivity contribution in [2.24, 2.45) is 17.8 Å². The number of carbonyl (C=O) groups excluding carboxylic acids is 2. The summed E-state index contributed by atoms with van der Waals surface area (Å²) in [6.07, 6.45) is -0.437. The highest BCUT2D eigenvalue weighted by Crippen LogP contribution is 2.44. The minimum Gasteiger partial charge on any atom is -0.481 e. The van der Waals surface area contributed by atoms with Crippen LogP contribution >= 0.6 is 0 Å². The van der Waals surface area contributed by atoms with Crippen LogP contribution in [0.25, 0.3) is 11.1 Å². The van der Waals surface area contributed by atoms with E-state index >= 15 is 0 Å². The van der Waals surface area contributed by atoms with Crippen LogP contribution in [0.4, 0.5) is 4.79 Å². The molecule has 3 atom stereocenters. The molecule has 2 aromatic rings. The summed E-state index contributed by atoms with van der Waals surface area (Å²) in [6.45, 7) is 6.57. The van der Waals surface area contributed by atoms with Crippen molar-refractivity contribution in [3.8, 4) is 11.1 Å². The number of benzene rings is 2. The van der Waals surface area contributed by atoms with E-state index in [0.717, 1.165) is 22.3 Å². The molecule has 2 unspecified atom stereocenters. The predicted molar refractivity (Wildman–Crippen MR) is 128 cm³/mol. The van der Waals surface area contributed by atoms with Gasteiger partial charge in [0, 0.05) is 31.5 Å². The normalized spacial score (nSPS) is 20.1. The molecule has 0 saturated carbocycles. The third kappa shape index (κ3) is 4.79. The fourth-order valence-corrected chi connectivity index (χ4v) is 5.05. The van der Waals surface area contributed by atoms with Crippen LogP contribution in [0.5, 0.6) is 0 Å². The minimum atomic E-state index is -0.875. The highest BCUT2D eigenvalue weighted by molar-refractivity contribution is 5.81. The molecule has 1 fully saturated rings. The van der Waals surface area contributed by atoms with Gasteiger partial charge in [0.1, 0.15) is 6.61 Å². The first kappa shape index (κ1) is 23.8. The van der Waals surface area contributed by atoms with E-state index in [2.05, 4.69) is 29.6 Å². The monoisotopic (exact) mass is 464 g/mol. The SMILES string of the molecule is CC1CN(C(=O)C[C@@H](NC(=O)OCC2c3ccccc3-c3ccccc32)C(C)C)CC1C(=O)O. The number of carboxylic acids is 1. The van der Waals surface area contributed by atoms with Crippen LogP contribution in [-0.4, -0.2) is 53.7 Å². The summed E-state index contributed by atoms with van der Waals surface area (Å²) in [6, 6.07) is 15.9. The first-order valence-corrected chi connectivity index (χ1v) is 11.9. The molecule has 7 nitrogen and oxygen atoms in total. The Hall–Kier alpha value is -3.35. The lowest BCUT2D eigenvalue weighted by Crippen LogP contribution is -2.43. The average molecular weight is 465 g/mol. The molecular formula is C27H32N2O5. The van der Waals surface area contributed by atoms with Gasteiger partial charge in [-0.15, -0.1) is 0 Å². The third-order valence-corrected chi connectivity index (χ3v) is 7.13. The smallest absolute Gasteiger partial charge is 0.407 e. The average Bonchev–Trinajstić information content (AvgIpc) is 3.35. The lowest BCUT2D eigenvalue weighted by Gasteiger charge is -2.25. The highest BCUT2D eigenvalue weighted by atomic mass is 16.5. The van der Waals surface area contributed by atoms with Crippen LogP contribution < -0.4 is 5.32 Å². The summed E-state index contributed by atoms with van der Waals surface area (Å²) in [4.78, 5) is 38.5. The maximum absolute atomic E-state index is 12.8. The topological polar surface area (TPSA) is 95.9 Å². The number of likely N-dealkylation sites (tertiary alicyclic amines) is 1. The van der Waals surface area contributed by atoms with E-state index in [0.29, 0.717) is 6.54 Å². The van der Waals surface area contributed by atoms with Crippen molar-refractivity contribution < 1.29 is 24.2 Å². The van der Waals surface area contributed by atoms with E-state index in [4.69, 9.17) is 4.74 Å². The van der Waals surface area contributed by atoms with Crippen LogP contribution in [0.1, 0.15) is 44.2 Å². The van der Waals surface area contributed by atoms with E-state index < -0.39 is 24.0 Å². The van der Waals surface area contributed by atoms with Crippen molar-refractivity contribution in [1.82, 2.24) is 10.2 Å².